The van der Waals surface area contributed by atoms with Crippen molar-refractivity contribution in [2.75, 3.05) is 0 Å². The summed E-state index contributed by atoms with van der Waals surface area (Å²) < 4.78 is 0. The fourth-order valence-electron chi connectivity index (χ4n) is 2.98. The van der Waals surface area contributed by atoms with Crippen LogP contribution in [-0.4, -0.2) is 15.9 Å². The number of aromatic amines is 1. The molecule has 0 saturated carbocycles. The molecule has 0 radical (unpaired) electrons. The molecule has 1 aliphatic heterocycles. The van der Waals surface area contributed by atoms with Gasteiger partial charge in [-0.15, -0.1) is 0 Å². The third-order valence-corrected chi connectivity index (χ3v) is 4.51. The lowest BCUT2D eigenvalue weighted by Crippen LogP contribution is -2.22. The Morgan fingerprint density at radius 3 is 2.91 bits per heavy atom. The van der Waals surface area contributed by atoms with Gasteiger partial charge in [-0.25, -0.2) is 0 Å². The van der Waals surface area contributed by atoms with Crippen molar-refractivity contribution in [1.29, 1.82) is 0 Å². The van der Waals surface area contributed by atoms with Crippen LogP contribution in [0.2, 0.25) is 5.02 Å². The molecule has 0 aliphatic carbocycles. The fraction of sp³-hybridized carbons (Fsp3) is 0.118. The van der Waals surface area contributed by atoms with E-state index in [-0.39, 0.29) is 22.6 Å². The lowest BCUT2D eigenvalue weighted by molar-refractivity contribution is 0.0944. The predicted octanol–water partition coefficient (Wildman–Crippen LogP) is 3.55. The molecule has 4 rings (SSSR count). The average molecular weight is 313 g/mol. The fourth-order valence-corrected chi connectivity index (χ4v) is 3.20. The lowest BCUT2D eigenvalue weighted by atomic mass is 10.0. The first-order chi connectivity index (χ1) is 10.6. The van der Waals surface area contributed by atoms with Crippen LogP contribution in [0.5, 0.6) is 5.75 Å². The largest absolute Gasteiger partial charge is 0.506 e. The summed E-state index contributed by atoms with van der Waals surface area (Å²) in [6.45, 7) is 0.689. The van der Waals surface area contributed by atoms with Crippen molar-refractivity contribution in [2.24, 2.45) is 0 Å². The van der Waals surface area contributed by atoms with Gasteiger partial charge in [0.05, 0.1) is 16.8 Å². The molecule has 110 valence electrons. The minimum Gasteiger partial charge on any atom is -0.506 e. The van der Waals surface area contributed by atoms with E-state index in [0.29, 0.717) is 17.6 Å². The Labute approximate surface area is 131 Å². The summed E-state index contributed by atoms with van der Waals surface area (Å²) in [4.78, 5) is 15.9. The molecule has 0 saturated heterocycles. The number of Topliss-reactive ketones (excluding diaryl/α,β-unsaturated/α-hetero) is 1. The Balaban J connectivity index is 1.77. The summed E-state index contributed by atoms with van der Waals surface area (Å²) in [5.41, 5.74) is 3.38. The highest BCUT2D eigenvalue weighted by Crippen LogP contribution is 2.34. The Kier molecular flexibility index (Phi) is 2.96. The van der Waals surface area contributed by atoms with E-state index in [4.69, 9.17) is 11.6 Å². The first-order valence-corrected chi connectivity index (χ1v) is 7.38. The van der Waals surface area contributed by atoms with E-state index >= 15 is 0 Å². The molecule has 0 spiro atoms. The van der Waals surface area contributed by atoms with Crippen LogP contribution in [0.4, 0.5) is 0 Å². The number of carbonyl (C=O) groups excluding carboxylic acids is 1. The number of phenols is 1. The summed E-state index contributed by atoms with van der Waals surface area (Å²) in [6, 6.07) is 12.5. The maximum absolute atomic E-state index is 12.8. The number of ketones is 1. The van der Waals surface area contributed by atoms with Crippen LogP contribution < -0.4 is 5.32 Å². The minimum absolute atomic E-state index is 0.0107. The number of halogens is 1. The smallest absolute Gasteiger partial charge is 0.200 e. The highest BCUT2D eigenvalue weighted by molar-refractivity contribution is 6.37. The molecule has 2 heterocycles. The molecule has 0 fully saturated rings. The molecule has 5 heteroatoms. The molecular formula is C17H13ClN2O2. The lowest BCUT2D eigenvalue weighted by Gasteiger charge is -2.09. The van der Waals surface area contributed by atoms with E-state index in [1.807, 2.05) is 24.3 Å². The van der Waals surface area contributed by atoms with Gasteiger partial charge in [0.25, 0.3) is 0 Å². The Bertz CT molecular complexity index is 901. The van der Waals surface area contributed by atoms with Crippen molar-refractivity contribution in [3.63, 3.8) is 0 Å². The number of H-pyrrole nitrogens is 1. The van der Waals surface area contributed by atoms with Gasteiger partial charge in [-0.05, 0) is 29.3 Å². The second kappa shape index (κ2) is 4.87. The first kappa shape index (κ1) is 13.4. The molecule has 1 aromatic heterocycles. The van der Waals surface area contributed by atoms with E-state index in [0.717, 1.165) is 16.6 Å². The number of carbonyl (C=O) groups is 1. The number of fused-ring (bicyclic) bond motifs is 2. The van der Waals surface area contributed by atoms with Gasteiger partial charge < -0.3 is 10.1 Å². The maximum Gasteiger partial charge on any atom is 0.200 e. The molecule has 3 aromatic rings. The predicted molar refractivity (Wildman–Crippen MR) is 85.3 cm³/mol. The zero-order valence-electron chi connectivity index (χ0n) is 11.6. The molecule has 2 aromatic carbocycles. The number of phenolic OH excluding ortho intramolecular Hbond substituents is 1. The van der Waals surface area contributed by atoms with E-state index in [2.05, 4.69) is 10.3 Å². The van der Waals surface area contributed by atoms with Crippen molar-refractivity contribution in [2.45, 2.75) is 12.6 Å². The summed E-state index contributed by atoms with van der Waals surface area (Å²) >= 11 is 6.09. The van der Waals surface area contributed by atoms with Crippen molar-refractivity contribution in [3.8, 4) is 5.75 Å². The molecule has 1 unspecified atom stereocenters. The SMILES string of the molecule is O=C(c1cc2c(Cl)c(O)ccc2[nH]1)C1NCc2ccccc21. The van der Waals surface area contributed by atoms with Gasteiger partial charge in [0.2, 0.25) is 0 Å². The number of rotatable bonds is 2. The topological polar surface area (TPSA) is 65.1 Å². The summed E-state index contributed by atoms with van der Waals surface area (Å²) in [5.74, 6) is -0.0202. The van der Waals surface area contributed by atoms with E-state index < -0.39 is 0 Å². The highest BCUT2D eigenvalue weighted by atomic mass is 35.5. The van der Waals surface area contributed by atoms with Crippen molar-refractivity contribution >= 4 is 28.3 Å². The molecular weight excluding hydrogens is 300 g/mol. The van der Waals surface area contributed by atoms with Gasteiger partial charge in [0, 0.05) is 17.4 Å². The number of hydrogen-bond acceptors (Lipinski definition) is 3. The first-order valence-electron chi connectivity index (χ1n) is 7.01. The Morgan fingerprint density at radius 2 is 2.05 bits per heavy atom. The summed E-state index contributed by atoms with van der Waals surface area (Å²) in [6.07, 6.45) is 0. The molecule has 1 aliphatic rings. The molecule has 4 nitrogen and oxygen atoms in total. The van der Waals surface area contributed by atoms with Crippen LogP contribution in [0.15, 0.2) is 42.5 Å². The van der Waals surface area contributed by atoms with Crippen LogP contribution in [0.25, 0.3) is 10.9 Å². The number of aromatic hydroxyl groups is 1. The molecule has 0 amide bonds. The standard InChI is InChI=1S/C17H13ClN2O2/c18-15-11-7-13(20-12(11)5-6-14(15)21)17(22)16-10-4-2-1-3-9(10)8-19-16/h1-7,16,19-21H,8H2. The number of aromatic nitrogens is 1. The zero-order chi connectivity index (χ0) is 15.3. The molecule has 22 heavy (non-hydrogen) atoms. The quantitative estimate of drug-likeness (QED) is 0.634. The second-order valence-corrected chi connectivity index (χ2v) is 5.80. The number of hydrogen-bond donors (Lipinski definition) is 3. The molecule has 3 N–H and O–H groups in total. The van der Waals surface area contributed by atoms with Gasteiger partial charge in [-0.3, -0.25) is 10.1 Å². The van der Waals surface area contributed by atoms with E-state index in [9.17, 15) is 9.90 Å². The van der Waals surface area contributed by atoms with Crippen LogP contribution in [0.1, 0.15) is 27.7 Å². The van der Waals surface area contributed by atoms with Crippen molar-refractivity contribution in [1.82, 2.24) is 10.3 Å². The highest BCUT2D eigenvalue weighted by Gasteiger charge is 2.29. The van der Waals surface area contributed by atoms with Crippen LogP contribution >= 0.6 is 11.6 Å². The average Bonchev–Trinajstić information content (AvgIpc) is 3.15. The van der Waals surface area contributed by atoms with E-state index in [1.165, 1.54) is 6.07 Å². The normalized spacial score (nSPS) is 16.9. The minimum atomic E-state index is -0.350. The van der Waals surface area contributed by atoms with Crippen molar-refractivity contribution in [3.05, 3.63) is 64.3 Å². The van der Waals surface area contributed by atoms with Crippen LogP contribution in [0, 0.1) is 0 Å². The molecule has 1 atom stereocenters. The summed E-state index contributed by atoms with van der Waals surface area (Å²) in [5, 5.41) is 13.8. The number of nitrogens with one attached hydrogen (secondary N) is 2. The van der Waals surface area contributed by atoms with Gasteiger partial charge in [0.1, 0.15) is 5.75 Å². The number of benzene rings is 2. The third kappa shape index (κ3) is 1.92. The van der Waals surface area contributed by atoms with Gasteiger partial charge in [0.15, 0.2) is 5.78 Å². The molecule has 0 bridgehead atoms. The maximum atomic E-state index is 12.8. The van der Waals surface area contributed by atoms with Crippen LogP contribution in [0.3, 0.4) is 0 Å². The van der Waals surface area contributed by atoms with Gasteiger partial charge in [-0.1, -0.05) is 35.9 Å². The monoisotopic (exact) mass is 312 g/mol. The summed E-state index contributed by atoms with van der Waals surface area (Å²) in [7, 11) is 0. The van der Waals surface area contributed by atoms with Gasteiger partial charge in [-0.2, -0.15) is 0 Å². The van der Waals surface area contributed by atoms with E-state index in [1.54, 1.807) is 12.1 Å². The Morgan fingerprint density at radius 1 is 1.23 bits per heavy atom. The van der Waals surface area contributed by atoms with Crippen LogP contribution in [-0.2, 0) is 6.54 Å². The third-order valence-electron chi connectivity index (χ3n) is 4.11. The van der Waals surface area contributed by atoms with Gasteiger partial charge >= 0.3 is 0 Å². The Hall–Kier alpha value is -2.30. The zero-order valence-corrected chi connectivity index (χ0v) is 12.3. The second-order valence-electron chi connectivity index (χ2n) is 5.42. The van der Waals surface area contributed by atoms with Crippen molar-refractivity contribution < 1.29 is 9.90 Å².